The van der Waals surface area contributed by atoms with Gasteiger partial charge in [-0.25, -0.2) is 8.42 Å². The highest BCUT2D eigenvalue weighted by atomic mass is 32.2. The van der Waals surface area contributed by atoms with Crippen LogP contribution in [0.1, 0.15) is 46.5 Å². The Bertz CT molecular complexity index is 267. The summed E-state index contributed by atoms with van der Waals surface area (Å²) >= 11 is 0. The van der Waals surface area contributed by atoms with E-state index in [4.69, 9.17) is 0 Å². The van der Waals surface area contributed by atoms with E-state index in [1.165, 1.54) is 0 Å². The summed E-state index contributed by atoms with van der Waals surface area (Å²) in [5, 5.41) is -0.278. The highest BCUT2D eigenvalue weighted by Gasteiger charge is 2.18. The summed E-state index contributed by atoms with van der Waals surface area (Å²) < 4.78 is 23.0. The first-order valence-corrected chi connectivity index (χ1v) is 6.88. The van der Waals surface area contributed by atoms with E-state index in [9.17, 15) is 13.2 Å². The monoisotopic (exact) mass is 220 g/mol. The smallest absolute Gasteiger partial charge is 0.152 e. The van der Waals surface area contributed by atoms with Gasteiger partial charge < -0.3 is 0 Å². The molecule has 0 bridgehead atoms. The van der Waals surface area contributed by atoms with Crippen LogP contribution in [-0.2, 0) is 14.6 Å². The fraction of sp³-hybridized carbons (Fsp3) is 0.900. The van der Waals surface area contributed by atoms with Crippen molar-refractivity contribution < 1.29 is 13.2 Å². The van der Waals surface area contributed by atoms with Crippen molar-refractivity contribution >= 4 is 15.6 Å². The lowest BCUT2D eigenvalue weighted by Crippen LogP contribution is -2.20. The number of Topliss-reactive ketones (excluding diaryl/α,β-unsaturated/α-hetero) is 1. The van der Waals surface area contributed by atoms with E-state index in [1.807, 2.05) is 6.92 Å². The zero-order valence-corrected chi connectivity index (χ0v) is 10.1. The molecule has 0 radical (unpaired) electrons. The van der Waals surface area contributed by atoms with Gasteiger partial charge in [0, 0.05) is 12.8 Å². The van der Waals surface area contributed by atoms with Gasteiger partial charge in [0.15, 0.2) is 9.84 Å². The Morgan fingerprint density at radius 3 is 2.29 bits per heavy atom. The maximum Gasteiger partial charge on any atom is 0.152 e. The first-order chi connectivity index (χ1) is 6.44. The number of carbonyl (C=O) groups excluding carboxylic acids is 1. The second-order valence-electron chi connectivity index (χ2n) is 3.58. The van der Waals surface area contributed by atoms with Gasteiger partial charge in [-0.15, -0.1) is 0 Å². The van der Waals surface area contributed by atoms with Gasteiger partial charge in [-0.2, -0.15) is 0 Å². The Morgan fingerprint density at radius 1 is 1.29 bits per heavy atom. The third-order valence-electron chi connectivity index (χ3n) is 2.47. The summed E-state index contributed by atoms with van der Waals surface area (Å²) in [5.41, 5.74) is 0. The van der Waals surface area contributed by atoms with Crippen LogP contribution in [0.2, 0.25) is 0 Å². The standard InChI is InChI=1S/C10H20O3S/c1-4-9(3)14(12,13)8-6-7-10(11)5-2/h9H,4-8H2,1-3H3. The molecule has 0 heterocycles. The summed E-state index contributed by atoms with van der Waals surface area (Å²) in [5.74, 6) is 0.289. The minimum Gasteiger partial charge on any atom is -0.300 e. The molecule has 0 aliphatic heterocycles. The molecule has 0 amide bonds. The third-order valence-corrected chi connectivity index (χ3v) is 4.88. The van der Waals surface area contributed by atoms with Crippen LogP contribution < -0.4 is 0 Å². The predicted octanol–water partition coefficient (Wildman–Crippen LogP) is 1.96. The van der Waals surface area contributed by atoms with E-state index in [-0.39, 0.29) is 16.8 Å². The molecular formula is C10H20O3S. The first kappa shape index (κ1) is 13.6. The Balaban J connectivity index is 3.95. The van der Waals surface area contributed by atoms with E-state index >= 15 is 0 Å². The van der Waals surface area contributed by atoms with Crippen molar-refractivity contribution in [1.29, 1.82) is 0 Å². The summed E-state index contributed by atoms with van der Waals surface area (Å²) in [7, 11) is -2.97. The molecular weight excluding hydrogens is 200 g/mol. The Hall–Kier alpha value is -0.380. The minimum absolute atomic E-state index is 0.143. The fourth-order valence-electron chi connectivity index (χ4n) is 1.10. The van der Waals surface area contributed by atoms with Crippen LogP contribution in [0.25, 0.3) is 0 Å². The van der Waals surface area contributed by atoms with Crippen LogP contribution in [-0.4, -0.2) is 25.2 Å². The van der Waals surface area contributed by atoms with Crippen LogP contribution >= 0.6 is 0 Å². The average molecular weight is 220 g/mol. The number of rotatable bonds is 7. The number of hydrogen-bond acceptors (Lipinski definition) is 3. The Kier molecular flexibility index (Phi) is 6.00. The second-order valence-corrected chi connectivity index (χ2v) is 6.12. The van der Waals surface area contributed by atoms with Crippen molar-refractivity contribution in [2.24, 2.45) is 0 Å². The molecule has 0 aliphatic carbocycles. The van der Waals surface area contributed by atoms with Crippen LogP contribution in [0.5, 0.6) is 0 Å². The third kappa shape index (κ3) is 4.74. The van der Waals surface area contributed by atoms with Gasteiger partial charge in [-0.3, -0.25) is 4.79 Å². The molecule has 0 spiro atoms. The summed E-state index contributed by atoms with van der Waals surface area (Å²) in [6, 6.07) is 0. The predicted molar refractivity (Wildman–Crippen MR) is 58.1 cm³/mol. The molecule has 0 aromatic heterocycles. The number of ketones is 1. The van der Waals surface area contributed by atoms with Crippen molar-refractivity contribution in [3.05, 3.63) is 0 Å². The van der Waals surface area contributed by atoms with Crippen molar-refractivity contribution in [3.63, 3.8) is 0 Å². The zero-order chi connectivity index (χ0) is 11.2. The summed E-state index contributed by atoms with van der Waals surface area (Å²) in [6.45, 7) is 5.38. The molecule has 1 atom stereocenters. The average Bonchev–Trinajstić information content (AvgIpc) is 2.15. The molecule has 0 N–H and O–H groups in total. The van der Waals surface area contributed by atoms with Crippen LogP contribution in [0.4, 0.5) is 0 Å². The van der Waals surface area contributed by atoms with Gasteiger partial charge in [0.05, 0.1) is 11.0 Å². The largest absolute Gasteiger partial charge is 0.300 e. The van der Waals surface area contributed by atoms with E-state index < -0.39 is 9.84 Å². The molecule has 4 heteroatoms. The topological polar surface area (TPSA) is 51.2 Å². The van der Waals surface area contributed by atoms with E-state index in [0.717, 1.165) is 0 Å². The SMILES string of the molecule is CCC(=O)CCCS(=O)(=O)C(C)CC. The normalized spacial score (nSPS) is 13.9. The van der Waals surface area contributed by atoms with Gasteiger partial charge in [-0.1, -0.05) is 13.8 Å². The molecule has 0 saturated heterocycles. The lowest BCUT2D eigenvalue weighted by Gasteiger charge is -2.09. The van der Waals surface area contributed by atoms with Crippen molar-refractivity contribution in [3.8, 4) is 0 Å². The molecule has 0 fully saturated rings. The number of carbonyl (C=O) groups is 1. The van der Waals surface area contributed by atoms with E-state index in [2.05, 4.69) is 0 Å². The minimum atomic E-state index is -2.97. The number of hydrogen-bond donors (Lipinski definition) is 0. The molecule has 3 nitrogen and oxygen atoms in total. The van der Waals surface area contributed by atoms with Crippen molar-refractivity contribution in [2.45, 2.75) is 51.7 Å². The van der Waals surface area contributed by atoms with E-state index in [0.29, 0.717) is 25.7 Å². The lowest BCUT2D eigenvalue weighted by atomic mass is 10.2. The molecule has 14 heavy (non-hydrogen) atoms. The first-order valence-electron chi connectivity index (χ1n) is 5.17. The molecule has 84 valence electrons. The second kappa shape index (κ2) is 6.17. The molecule has 0 rings (SSSR count). The Labute approximate surface area is 86.8 Å². The van der Waals surface area contributed by atoms with Gasteiger partial charge >= 0.3 is 0 Å². The Morgan fingerprint density at radius 2 is 1.86 bits per heavy atom. The van der Waals surface area contributed by atoms with Crippen LogP contribution in [0.3, 0.4) is 0 Å². The summed E-state index contributed by atoms with van der Waals surface area (Å²) in [4.78, 5) is 10.9. The van der Waals surface area contributed by atoms with Gasteiger partial charge in [0.1, 0.15) is 5.78 Å². The summed E-state index contributed by atoms with van der Waals surface area (Å²) in [6.07, 6.45) is 2.01. The molecule has 1 unspecified atom stereocenters. The number of sulfone groups is 1. The van der Waals surface area contributed by atoms with E-state index in [1.54, 1.807) is 13.8 Å². The quantitative estimate of drug-likeness (QED) is 0.659. The van der Waals surface area contributed by atoms with Gasteiger partial charge in [-0.05, 0) is 19.8 Å². The maximum absolute atomic E-state index is 11.5. The van der Waals surface area contributed by atoms with Crippen LogP contribution in [0.15, 0.2) is 0 Å². The van der Waals surface area contributed by atoms with Crippen LogP contribution in [0, 0.1) is 0 Å². The van der Waals surface area contributed by atoms with Crippen molar-refractivity contribution in [2.75, 3.05) is 5.75 Å². The molecule has 0 aromatic rings. The highest BCUT2D eigenvalue weighted by Crippen LogP contribution is 2.08. The highest BCUT2D eigenvalue weighted by molar-refractivity contribution is 7.91. The molecule has 0 aliphatic rings. The van der Waals surface area contributed by atoms with Crippen molar-refractivity contribution in [1.82, 2.24) is 0 Å². The van der Waals surface area contributed by atoms with Gasteiger partial charge in [0.2, 0.25) is 0 Å². The molecule has 0 aromatic carbocycles. The lowest BCUT2D eigenvalue weighted by molar-refractivity contribution is -0.118. The zero-order valence-electron chi connectivity index (χ0n) is 9.25. The molecule has 0 saturated carbocycles. The fourth-order valence-corrected chi connectivity index (χ4v) is 2.56. The maximum atomic E-state index is 11.5. The van der Waals surface area contributed by atoms with Gasteiger partial charge in [0.25, 0.3) is 0 Å².